The van der Waals surface area contributed by atoms with E-state index in [0.717, 1.165) is 27.5 Å². The second-order valence-corrected chi connectivity index (χ2v) is 8.74. The molecule has 1 aromatic carbocycles. The van der Waals surface area contributed by atoms with Crippen molar-refractivity contribution >= 4 is 34.6 Å². The average molecular weight is 479 g/mol. The van der Waals surface area contributed by atoms with Crippen LogP contribution in [0.3, 0.4) is 0 Å². The maximum Gasteiger partial charge on any atom is 0.408 e. The lowest BCUT2D eigenvalue weighted by molar-refractivity contribution is -0.120. The summed E-state index contributed by atoms with van der Waals surface area (Å²) in [5, 5.41) is 12.3. The summed E-state index contributed by atoms with van der Waals surface area (Å²) < 4.78 is 5.14. The number of amides is 4. The molecule has 0 aliphatic carbocycles. The van der Waals surface area contributed by atoms with E-state index in [1.807, 2.05) is 31.2 Å². The predicted molar refractivity (Wildman–Crippen MR) is 134 cm³/mol. The zero-order valence-electron chi connectivity index (χ0n) is 20.3. The first kappa shape index (κ1) is 25.4. The quantitative estimate of drug-likeness (QED) is 0.410. The third-order valence-electron chi connectivity index (χ3n) is 4.83. The lowest BCUT2D eigenvalue weighted by Crippen LogP contribution is -2.39. The van der Waals surface area contributed by atoms with E-state index in [2.05, 4.69) is 31.2 Å². The van der Waals surface area contributed by atoms with Crippen molar-refractivity contribution in [3.05, 3.63) is 54.5 Å². The molecule has 10 heteroatoms. The molecule has 2 heterocycles. The van der Waals surface area contributed by atoms with Gasteiger partial charge in [-0.2, -0.15) is 0 Å². The van der Waals surface area contributed by atoms with Gasteiger partial charge in [-0.15, -0.1) is 0 Å². The Morgan fingerprint density at radius 1 is 0.971 bits per heavy atom. The highest BCUT2D eigenvalue weighted by Gasteiger charge is 2.17. The average Bonchev–Trinajstić information content (AvgIpc) is 2.80. The Morgan fingerprint density at radius 2 is 1.71 bits per heavy atom. The van der Waals surface area contributed by atoms with Gasteiger partial charge >= 0.3 is 12.1 Å². The van der Waals surface area contributed by atoms with Crippen molar-refractivity contribution in [2.45, 2.75) is 39.8 Å². The van der Waals surface area contributed by atoms with Crippen molar-refractivity contribution in [2.75, 3.05) is 18.4 Å². The topological polar surface area (TPSA) is 134 Å². The number of nitrogens with one attached hydrogen (secondary N) is 4. The molecule has 4 amide bonds. The highest BCUT2D eigenvalue weighted by atomic mass is 16.6. The molecule has 0 bridgehead atoms. The van der Waals surface area contributed by atoms with Gasteiger partial charge in [-0.25, -0.2) is 14.6 Å². The number of hydrogen-bond acceptors (Lipinski definition) is 6. The van der Waals surface area contributed by atoms with E-state index in [-0.39, 0.29) is 25.0 Å². The number of nitrogens with zero attached hydrogens (tertiary/aromatic N) is 2. The Balaban J connectivity index is 1.81. The summed E-state index contributed by atoms with van der Waals surface area (Å²) in [6.07, 6.45) is 4.43. The van der Waals surface area contributed by atoms with Gasteiger partial charge in [-0.05, 0) is 68.0 Å². The largest absolute Gasteiger partial charge is 0.444 e. The fourth-order valence-electron chi connectivity index (χ4n) is 3.35. The molecule has 0 radical (unpaired) electrons. The fraction of sp³-hybridized carbons (Fsp3) is 0.320. The van der Waals surface area contributed by atoms with Gasteiger partial charge in [0.25, 0.3) is 0 Å². The zero-order valence-corrected chi connectivity index (χ0v) is 20.3. The van der Waals surface area contributed by atoms with Gasteiger partial charge in [0.1, 0.15) is 18.0 Å². The Hall–Kier alpha value is -4.21. The first-order chi connectivity index (χ1) is 16.7. The lowest BCUT2D eigenvalue weighted by atomic mass is 9.96. The second kappa shape index (κ2) is 11.3. The SMILES string of the molecule is CCNC(=O)Nc1cc2c(-c3ccncc3)ccc(CNC(=O)CNC(=O)OC(C)(C)C)c2cn1. The summed E-state index contributed by atoms with van der Waals surface area (Å²) in [4.78, 5) is 44.5. The number of alkyl carbamates (subject to hydrolysis) is 1. The first-order valence-corrected chi connectivity index (χ1v) is 11.3. The minimum Gasteiger partial charge on any atom is -0.444 e. The number of fused-ring (bicyclic) bond motifs is 1. The van der Waals surface area contributed by atoms with Gasteiger partial charge in [0.15, 0.2) is 0 Å². The standard InChI is InChI=1S/C25H30N6O4/c1-5-27-23(33)31-21-12-19-18(16-8-10-26-11-9-16)7-6-17(20(19)14-28-21)13-29-22(32)15-30-24(34)35-25(2,3)4/h6-12,14H,5,13,15H2,1-4H3,(H,29,32)(H,30,34)(H2,27,28,31,33). The number of ether oxygens (including phenoxy) is 1. The van der Waals surface area contributed by atoms with E-state index >= 15 is 0 Å². The molecular weight excluding hydrogens is 448 g/mol. The Morgan fingerprint density at radius 3 is 2.40 bits per heavy atom. The summed E-state index contributed by atoms with van der Waals surface area (Å²) in [5.74, 6) is 0.0474. The molecule has 0 spiro atoms. The molecule has 0 aliphatic rings. The van der Waals surface area contributed by atoms with Crippen LogP contribution in [0, 0.1) is 0 Å². The summed E-state index contributed by atoms with van der Waals surface area (Å²) in [6, 6.07) is 9.12. The molecule has 4 N–H and O–H groups in total. The summed E-state index contributed by atoms with van der Waals surface area (Å²) in [7, 11) is 0. The van der Waals surface area contributed by atoms with E-state index in [1.54, 1.807) is 45.4 Å². The fourth-order valence-corrected chi connectivity index (χ4v) is 3.35. The van der Waals surface area contributed by atoms with E-state index in [9.17, 15) is 14.4 Å². The second-order valence-electron chi connectivity index (χ2n) is 8.74. The van der Waals surface area contributed by atoms with E-state index in [4.69, 9.17) is 4.74 Å². The molecular formula is C25H30N6O4. The van der Waals surface area contributed by atoms with Crippen LogP contribution in [0.1, 0.15) is 33.3 Å². The molecule has 10 nitrogen and oxygen atoms in total. The third-order valence-corrected chi connectivity index (χ3v) is 4.83. The summed E-state index contributed by atoms with van der Waals surface area (Å²) >= 11 is 0. The van der Waals surface area contributed by atoms with Crippen LogP contribution in [0.4, 0.5) is 15.4 Å². The van der Waals surface area contributed by atoms with Crippen molar-refractivity contribution in [1.82, 2.24) is 25.9 Å². The van der Waals surface area contributed by atoms with Gasteiger partial charge in [-0.1, -0.05) is 12.1 Å². The molecule has 3 rings (SSSR count). The van der Waals surface area contributed by atoms with Crippen molar-refractivity contribution in [2.24, 2.45) is 0 Å². The number of urea groups is 1. The number of anilines is 1. The van der Waals surface area contributed by atoms with Crippen LogP contribution in [0.15, 0.2) is 48.9 Å². The molecule has 0 saturated heterocycles. The number of carbonyl (C=O) groups excluding carboxylic acids is 3. The van der Waals surface area contributed by atoms with Crippen LogP contribution in [0.2, 0.25) is 0 Å². The molecule has 0 unspecified atom stereocenters. The summed E-state index contributed by atoms with van der Waals surface area (Å²) in [6.45, 7) is 7.59. The number of aromatic nitrogens is 2. The van der Waals surface area contributed by atoms with Crippen LogP contribution >= 0.6 is 0 Å². The van der Waals surface area contributed by atoms with E-state index < -0.39 is 11.7 Å². The maximum absolute atomic E-state index is 12.3. The zero-order chi connectivity index (χ0) is 25.4. The van der Waals surface area contributed by atoms with Gasteiger partial charge in [0, 0.05) is 37.1 Å². The van der Waals surface area contributed by atoms with Crippen LogP contribution in [0.5, 0.6) is 0 Å². The molecule has 0 saturated carbocycles. The maximum atomic E-state index is 12.3. The Kier molecular flexibility index (Phi) is 8.19. The highest BCUT2D eigenvalue weighted by molar-refractivity contribution is 6.01. The van der Waals surface area contributed by atoms with Crippen LogP contribution in [-0.2, 0) is 16.1 Å². The number of hydrogen-bond donors (Lipinski definition) is 4. The van der Waals surface area contributed by atoms with E-state index in [1.165, 1.54) is 0 Å². The summed E-state index contributed by atoms with van der Waals surface area (Å²) in [5.41, 5.74) is 2.08. The van der Waals surface area contributed by atoms with Gasteiger partial charge < -0.3 is 20.7 Å². The van der Waals surface area contributed by atoms with Crippen LogP contribution < -0.4 is 21.3 Å². The molecule has 0 fully saturated rings. The van der Waals surface area contributed by atoms with Gasteiger partial charge in [0.05, 0.1) is 0 Å². The van der Waals surface area contributed by atoms with E-state index in [0.29, 0.717) is 12.4 Å². The van der Waals surface area contributed by atoms with Crippen molar-refractivity contribution in [3.63, 3.8) is 0 Å². The van der Waals surface area contributed by atoms with Crippen molar-refractivity contribution < 1.29 is 19.1 Å². The highest BCUT2D eigenvalue weighted by Crippen LogP contribution is 2.31. The molecule has 35 heavy (non-hydrogen) atoms. The molecule has 0 aliphatic heterocycles. The molecule has 2 aromatic heterocycles. The first-order valence-electron chi connectivity index (χ1n) is 11.3. The molecule has 3 aromatic rings. The van der Waals surface area contributed by atoms with Crippen LogP contribution in [0.25, 0.3) is 21.9 Å². The minimum absolute atomic E-state index is 0.208. The predicted octanol–water partition coefficient (Wildman–Crippen LogP) is 3.58. The number of pyridine rings is 2. The lowest BCUT2D eigenvalue weighted by Gasteiger charge is -2.19. The smallest absolute Gasteiger partial charge is 0.408 e. The number of carbonyl (C=O) groups is 3. The normalized spacial score (nSPS) is 11.0. The number of benzene rings is 1. The monoisotopic (exact) mass is 478 g/mol. The third kappa shape index (κ3) is 7.39. The van der Waals surface area contributed by atoms with Gasteiger partial charge in [-0.3, -0.25) is 15.1 Å². The number of rotatable bonds is 7. The van der Waals surface area contributed by atoms with Crippen LogP contribution in [-0.4, -0.2) is 46.7 Å². The Bertz CT molecular complexity index is 1210. The van der Waals surface area contributed by atoms with Crippen molar-refractivity contribution in [1.29, 1.82) is 0 Å². The van der Waals surface area contributed by atoms with Crippen molar-refractivity contribution in [3.8, 4) is 11.1 Å². The Labute approximate surface area is 203 Å². The molecule has 184 valence electrons. The van der Waals surface area contributed by atoms with Gasteiger partial charge in [0.2, 0.25) is 5.91 Å². The molecule has 0 atom stereocenters. The minimum atomic E-state index is -0.656.